The van der Waals surface area contributed by atoms with Crippen LogP contribution in [-0.4, -0.2) is 5.11 Å². The van der Waals surface area contributed by atoms with Crippen LogP contribution in [0.25, 0.3) is 54.6 Å². The number of fused-ring (bicyclic) bond motifs is 3. The molecule has 0 atom stereocenters. The van der Waals surface area contributed by atoms with E-state index in [2.05, 4.69) is 115 Å². The van der Waals surface area contributed by atoms with E-state index in [-0.39, 0.29) is 0 Å². The van der Waals surface area contributed by atoms with Crippen molar-refractivity contribution in [3.8, 4) is 22.3 Å². The van der Waals surface area contributed by atoms with Crippen molar-refractivity contribution in [2.24, 2.45) is 0 Å². The second kappa shape index (κ2) is 7.83. The molecule has 1 nitrogen and oxygen atoms in total. The minimum atomic E-state index is -0.964. The van der Waals surface area contributed by atoms with Gasteiger partial charge in [0.2, 0.25) is 0 Å². The minimum Gasteiger partial charge on any atom is -0.386 e. The zero-order chi connectivity index (χ0) is 23.3. The molecule has 0 spiro atoms. The Hall–Kier alpha value is -3.94. The lowest BCUT2D eigenvalue weighted by Gasteiger charge is -2.23. The summed E-state index contributed by atoms with van der Waals surface area (Å²) >= 11 is 0. The van der Waals surface area contributed by atoms with Crippen LogP contribution >= 0.6 is 0 Å². The predicted molar refractivity (Wildman–Crippen MR) is 145 cm³/mol. The molecule has 0 aliphatic carbocycles. The fourth-order valence-electron chi connectivity index (χ4n) is 4.97. The molecule has 0 unspecified atom stereocenters. The van der Waals surface area contributed by atoms with E-state index >= 15 is 0 Å². The second-order valence-corrected chi connectivity index (χ2v) is 9.65. The van der Waals surface area contributed by atoms with Crippen LogP contribution in [0.3, 0.4) is 0 Å². The first-order chi connectivity index (χ1) is 16.5. The summed E-state index contributed by atoms with van der Waals surface area (Å²) in [5.41, 5.74) is 4.51. The van der Waals surface area contributed by atoms with Gasteiger partial charge < -0.3 is 5.11 Å². The summed E-state index contributed by atoms with van der Waals surface area (Å²) in [7, 11) is 0. The molecule has 0 heterocycles. The third-order valence-corrected chi connectivity index (χ3v) is 6.76. The maximum absolute atomic E-state index is 11.1. The maximum Gasteiger partial charge on any atom is 0.0846 e. The fraction of sp³-hybridized carbons (Fsp3) is 0.0909. The molecule has 1 N–H and O–H groups in total. The summed E-state index contributed by atoms with van der Waals surface area (Å²) in [5, 5.41) is 18.3. The Morgan fingerprint density at radius 2 is 1.00 bits per heavy atom. The van der Waals surface area contributed by atoms with Gasteiger partial charge in [0.1, 0.15) is 0 Å². The summed E-state index contributed by atoms with van der Waals surface area (Å²) in [4.78, 5) is 0. The van der Waals surface area contributed by atoms with Crippen molar-refractivity contribution in [3.05, 3.63) is 121 Å². The SMILES string of the molecule is CC(C)(O)c1cc2cc3ccccc3cc2cc1-c1cccc(-c2ccc3ccccc3c2)c1. The minimum absolute atomic E-state index is 0.936. The molecule has 6 aromatic carbocycles. The molecule has 0 aliphatic rings. The van der Waals surface area contributed by atoms with E-state index in [4.69, 9.17) is 0 Å². The molecule has 0 fully saturated rings. The van der Waals surface area contributed by atoms with E-state index in [1.54, 1.807) is 0 Å². The summed E-state index contributed by atoms with van der Waals surface area (Å²) in [6, 6.07) is 41.0. The van der Waals surface area contributed by atoms with Gasteiger partial charge in [0.05, 0.1) is 5.60 Å². The number of aliphatic hydroxyl groups is 1. The Morgan fingerprint density at radius 1 is 0.441 bits per heavy atom. The van der Waals surface area contributed by atoms with Crippen molar-refractivity contribution in [1.29, 1.82) is 0 Å². The largest absolute Gasteiger partial charge is 0.386 e. The van der Waals surface area contributed by atoms with Crippen LogP contribution in [0.15, 0.2) is 115 Å². The number of benzene rings is 6. The zero-order valence-corrected chi connectivity index (χ0v) is 19.4. The summed E-state index contributed by atoms with van der Waals surface area (Å²) < 4.78 is 0. The van der Waals surface area contributed by atoms with Crippen LogP contribution in [-0.2, 0) is 5.60 Å². The molecule has 0 saturated heterocycles. The first-order valence-corrected chi connectivity index (χ1v) is 11.7. The Kier molecular flexibility index (Phi) is 4.76. The van der Waals surface area contributed by atoms with Gasteiger partial charge in [0, 0.05) is 0 Å². The molecule has 164 valence electrons. The molecule has 0 aromatic heterocycles. The van der Waals surface area contributed by atoms with Gasteiger partial charge in [-0.3, -0.25) is 0 Å². The third-order valence-electron chi connectivity index (χ3n) is 6.76. The highest BCUT2D eigenvalue weighted by molar-refractivity contribution is 6.00. The number of hydrogen-bond donors (Lipinski definition) is 1. The van der Waals surface area contributed by atoms with Crippen molar-refractivity contribution in [2.45, 2.75) is 19.4 Å². The normalized spacial score (nSPS) is 12.0. The highest BCUT2D eigenvalue weighted by Gasteiger charge is 2.22. The Balaban J connectivity index is 1.55. The van der Waals surface area contributed by atoms with E-state index in [1.807, 2.05) is 13.8 Å². The summed E-state index contributed by atoms with van der Waals surface area (Å²) in [6.45, 7) is 3.73. The van der Waals surface area contributed by atoms with Gasteiger partial charge >= 0.3 is 0 Å². The molecule has 1 heteroatoms. The molecule has 6 aromatic rings. The van der Waals surface area contributed by atoms with Crippen LogP contribution < -0.4 is 0 Å². The lowest BCUT2D eigenvalue weighted by Crippen LogP contribution is -2.16. The van der Waals surface area contributed by atoms with Gasteiger partial charge in [-0.05, 0) is 110 Å². The molecule has 6 rings (SSSR count). The first-order valence-electron chi connectivity index (χ1n) is 11.7. The van der Waals surface area contributed by atoms with Crippen LogP contribution in [0.1, 0.15) is 19.4 Å². The standard InChI is InChI=1S/C33H26O/c1-33(2,34)32-21-30-19-25-11-6-5-10-24(25)18-29(30)20-31(32)28-13-7-12-26(17-28)27-15-14-22-8-3-4-9-23(22)16-27/h3-21,34H,1-2H3. The average molecular weight is 439 g/mol. The van der Waals surface area contributed by atoms with E-state index in [9.17, 15) is 5.11 Å². The highest BCUT2D eigenvalue weighted by Crippen LogP contribution is 2.38. The van der Waals surface area contributed by atoms with Crippen molar-refractivity contribution >= 4 is 32.3 Å². The van der Waals surface area contributed by atoms with E-state index < -0.39 is 5.60 Å². The average Bonchev–Trinajstić information content (AvgIpc) is 2.86. The summed E-state index contributed by atoms with van der Waals surface area (Å²) in [5.74, 6) is 0. The highest BCUT2D eigenvalue weighted by atomic mass is 16.3. The molecule has 0 amide bonds. The van der Waals surface area contributed by atoms with Gasteiger partial charge in [0.25, 0.3) is 0 Å². The van der Waals surface area contributed by atoms with Crippen molar-refractivity contribution in [1.82, 2.24) is 0 Å². The maximum atomic E-state index is 11.1. The molecule has 0 bridgehead atoms. The smallest absolute Gasteiger partial charge is 0.0846 e. The molecule has 0 aliphatic heterocycles. The molecule has 0 saturated carbocycles. The number of hydrogen-bond acceptors (Lipinski definition) is 1. The van der Waals surface area contributed by atoms with E-state index in [0.717, 1.165) is 22.1 Å². The van der Waals surface area contributed by atoms with Crippen LogP contribution in [0.2, 0.25) is 0 Å². The molecular formula is C33H26O. The summed E-state index contributed by atoms with van der Waals surface area (Å²) in [6.07, 6.45) is 0. The topological polar surface area (TPSA) is 20.2 Å². The quantitative estimate of drug-likeness (QED) is 0.274. The van der Waals surface area contributed by atoms with Gasteiger partial charge in [-0.2, -0.15) is 0 Å². The van der Waals surface area contributed by atoms with Gasteiger partial charge in [0.15, 0.2) is 0 Å². The monoisotopic (exact) mass is 438 g/mol. The lowest BCUT2D eigenvalue weighted by molar-refractivity contribution is 0.0793. The van der Waals surface area contributed by atoms with Crippen LogP contribution in [0, 0.1) is 0 Å². The second-order valence-electron chi connectivity index (χ2n) is 9.65. The molecular weight excluding hydrogens is 412 g/mol. The number of rotatable bonds is 3. The zero-order valence-electron chi connectivity index (χ0n) is 19.4. The molecule has 34 heavy (non-hydrogen) atoms. The Morgan fingerprint density at radius 3 is 1.68 bits per heavy atom. The van der Waals surface area contributed by atoms with Crippen LogP contribution in [0.4, 0.5) is 0 Å². The lowest BCUT2D eigenvalue weighted by atomic mass is 9.86. The van der Waals surface area contributed by atoms with Gasteiger partial charge in [-0.1, -0.05) is 78.9 Å². The fourth-order valence-corrected chi connectivity index (χ4v) is 4.97. The van der Waals surface area contributed by atoms with E-state index in [1.165, 1.54) is 38.1 Å². The Labute approximate surface area is 199 Å². The third kappa shape index (κ3) is 3.65. The van der Waals surface area contributed by atoms with Crippen LogP contribution in [0.5, 0.6) is 0 Å². The predicted octanol–water partition coefficient (Wildman–Crippen LogP) is 8.71. The van der Waals surface area contributed by atoms with Crippen molar-refractivity contribution < 1.29 is 5.11 Å². The molecule has 0 radical (unpaired) electrons. The van der Waals surface area contributed by atoms with Gasteiger partial charge in [-0.15, -0.1) is 0 Å². The Bertz CT molecular complexity index is 1690. The first kappa shape index (κ1) is 20.7. The van der Waals surface area contributed by atoms with Crippen molar-refractivity contribution in [3.63, 3.8) is 0 Å². The van der Waals surface area contributed by atoms with E-state index in [0.29, 0.717) is 0 Å². The van der Waals surface area contributed by atoms with Gasteiger partial charge in [-0.25, -0.2) is 0 Å². The van der Waals surface area contributed by atoms with Crippen molar-refractivity contribution in [2.75, 3.05) is 0 Å².